The van der Waals surface area contributed by atoms with Crippen molar-refractivity contribution in [1.29, 1.82) is 0 Å². The molecule has 0 aliphatic carbocycles. The number of hydrogen-bond donors (Lipinski definition) is 3. The second-order valence-electron chi connectivity index (χ2n) is 5.96. The van der Waals surface area contributed by atoms with Gasteiger partial charge in [-0.05, 0) is 30.3 Å². The van der Waals surface area contributed by atoms with Gasteiger partial charge in [-0.25, -0.2) is 9.97 Å². The van der Waals surface area contributed by atoms with Crippen molar-refractivity contribution < 1.29 is 9.53 Å². The zero-order chi connectivity index (χ0) is 20.5. The lowest BCUT2D eigenvalue weighted by molar-refractivity contribution is 0.102. The van der Waals surface area contributed by atoms with Crippen molar-refractivity contribution in [2.45, 2.75) is 6.54 Å². The molecule has 9 heteroatoms. The molecule has 0 aliphatic rings. The molecule has 3 heterocycles. The molecular weight excluding hydrogens is 370 g/mol. The number of ether oxygens (including phenoxy) is 1. The first-order valence-corrected chi connectivity index (χ1v) is 8.84. The first-order valence-electron chi connectivity index (χ1n) is 8.84. The molecule has 0 bridgehead atoms. The summed E-state index contributed by atoms with van der Waals surface area (Å²) in [6.45, 7) is 0.915. The van der Waals surface area contributed by atoms with E-state index in [1.807, 2.05) is 12.1 Å². The third kappa shape index (κ3) is 5.81. The maximum atomic E-state index is 12.4. The molecule has 0 saturated carbocycles. The number of nitrogens with one attached hydrogen (secondary N) is 2. The lowest BCUT2D eigenvalue weighted by Gasteiger charge is -2.09. The molecule has 29 heavy (non-hydrogen) atoms. The minimum atomic E-state index is -0.355. The number of hydrogen-bond acceptors (Lipinski definition) is 8. The van der Waals surface area contributed by atoms with Crippen LogP contribution >= 0.6 is 0 Å². The quantitative estimate of drug-likeness (QED) is 0.534. The monoisotopic (exact) mass is 391 g/mol. The Morgan fingerprint density at radius 3 is 2.83 bits per heavy atom. The molecule has 0 saturated heterocycles. The van der Waals surface area contributed by atoms with Gasteiger partial charge in [0.1, 0.15) is 11.5 Å². The van der Waals surface area contributed by atoms with Crippen molar-refractivity contribution in [2.24, 2.45) is 0 Å². The average Bonchev–Trinajstić information content (AvgIpc) is 2.74. The van der Waals surface area contributed by atoms with Crippen LogP contribution in [-0.2, 0) is 11.3 Å². The summed E-state index contributed by atoms with van der Waals surface area (Å²) in [6.07, 6.45) is 9.79. The Bertz CT molecular complexity index is 990. The van der Waals surface area contributed by atoms with Crippen LogP contribution in [-0.4, -0.2) is 39.6 Å². The lowest BCUT2D eigenvalue weighted by Crippen LogP contribution is -2.14. The van der Waals surface area contributed by atoms with Gasteiger partial charge in [-0.2, -0.15) is 0 Å². The Morgan fingerprint density at radius 1 is 1.17 bits per heavy atom. The number of carbonyl (C=O) groups excluding carboxylic acids is 1. The van der Waals surface area contributed by atoms with Crippen LogP contribution in [0.25, 0.3) is 6.08 Å². The van der Waals surface area contributed by atoms with Crippen LogP contribution in [0.4, 0.5) is 17.2 Å². The molecule has 3 aromatic heterocycles. The Labute approximate surface area is 168 Å². The highest BCUT2D eigenvalue weighted by Gasteiger charge is 2.09. The van der Waals surface area contributed by atoms with E-state index in [4.69, 9.17) is 10.5 Å². The van der Waals surface area contributed by atoms with Crippen molar-refractivity contribution in [3.8, 4) is 0 Å². The molecule has 0 fully saturated rings. The highest BCUT2D eigenvalue weighted by molar-refractivity contribution is 6.02. The van der Waals surface area contributed by atoms with E-state index >= 15 is 0 Å². The smallest absolute Gasteiger partial charge is 0.275 e. The Balaban J connectivity index is 1.60. The number of nitrogen functional groups attached to an aromatic ring is 1. The van der Waals surface area contributed by atoms with Gasteiger partial charge in [-0.1, -0.05) is 6.08 Å². The number of nitrogens with two attached hydrogens (primary N) is 1. The summed E-state index contributed by atoms with van der Waals surface area (Å²) in [5, 5.41) is 5.96. The fourth-order valence-corrected chi connectivity index (χ4v) is 2.41. The maximum Gasteiger partial charge on any atom is 0.275 e. The fourth-order valence-electron chi connectivity index (χ4n) is 2.41. The largest absolute Gasteiger partial charge is 0.382 e. The van der Waals surface area contributed by atoms with E-state index in [0.29, 0.717) is 30.4 Å². The fraction of sp³-hybridized carbons (Fsp3) is 0.150. The number of nitrogens with zero attached hydrogens (tertiary/aromatic N) is 4. The summed E-state index contributed by atoms with van der Waals surface area (Å²) < 4.78 is 4.93. The van der Waals surface area contributed by atoms with Gasteiger partial charge in [-0.3, -0.25) is 14.8 Å². The number of rotatable bonds is 8. The van der Waals surface area contributed by atoms with Crippen molar-refractivity contribution in [1.82, 2.24) is 19.9 Å². The van der Waals surface area contributed by atoms with Gasteiger partial charge in [0.25, 0.3) is 5.91 Å². The Kier molecular flexibility index (Phi) is 6.80. The van der Waals surface area contributed by atoms with Crippen molar-refractivity contribution in [2.75, 3.05) is 30.1 Å². The SMILES string of the molecule is COC/C=C\c1cnc(C(=O)Nc2ccnc(CNc3cccnc3N)c2)cn1. The van der Waals surface area contributed by atoms with E-state index in [1.54, 1.807) is 43.8 Å². The minimum absolute atomic E-state index is 0.216. The third-order valence-corrected chi connectivity index (χ3v) is 3.83. The first kappa shape index (κ1) is 19.9. The van der Waals surface area contributed by atoms with E-state index in [9.17, 15) is 4.79 Å². The van der Waals surface area contributed by atoms with Crippen LogP contribution in [0.2, 0.25) is 0 Å². The molecule has 0 radical (unpaired) electrons. The van der Waals surface area contributed by atoms with Gasteiger partial charge >= 0.3 is 0 Å². The zero-order valence-corrected chi connectivity index (χ0v) is 15.9. The highest BCUT2D eigenvalue weighted by atomic mass is 16.5. The zero-order valence-electron chi connectivity index (χ0n) is 15.9. The summed E-state index contributed by atoms with van der Waals surface area (Å²) >= 11 is 0. The second-order valence-corrected chi connectivity index (χ2v) is 5.96. The molecule has 0 aliphatic heterocycles. The van der Waals surface area contributed by atoms with Gasteiger partial charge in [-0.15, -0.1) is 0 Å². The molecule has 9 nitrogen and oxygen atoms in total. The topological polar surface area (TPSA) is 128 Å². The van der Waals surface area contributed by atoms with Gasteiger partial charge in [0, 0.05) is 25.2 Å². The summed E-state index contributed by atoms with van der Waals surface area (Å²) in [7, 11) is 1.61. The van der Waals surface area contributed by atoms with E-state index < -0.39 is 0 Å². The molecule has 0 atom stereocenters. The van der Waals surface area contributed by atoms with Crippen LogP contribution in [0.1, 0.15) is 21.9 Å². The van der Waals surface area contributed by atoms with Gasteiger partial charge in [0.2, 0.25) is 0 Å². The highest BCUT2D eigenvalue weighted by Crippen LogP contribution is 2.16. The summed E-state index contributed by atoms with van der Waals surface area (Å²) in [5.41, 5.74) is 8.73. The molecule has 3 aromatic rings. The molecule has 3 rings (SSSR count). The number of carbonyl (C=O) groups is 1. The third-order valence-electron chi connectivity index (χ3n) is 3.83. The number of pyridine rings is 2. The molecule has 0 unspecified atom stereocenters. The summed E-state index contributed by atoms with van der Waals surface area (Å²) in [6, 6.07) is 7.10. The molecular formula is C20H21N7O2. The molecule has 0 aromatic carbocycles. The molecule has 1 amide bonds. The average molecular weight is 391 g/mol. The Hall–Kier alpha value is -3.85. The van der Waals surface area contributed by atoms with Gasteiger partial charge < -0.3 is 21.1 Å². The Morgan fingerprint density at radius 2 is 2.07 bits per heavy atom. The predicted molar refractivity (Wildman–Crippen MR) is 111 cm³/mol. The van der Waals surface area contributed by atoms with Crippen LogP contribution in [0.3, 0.4) is 0 Å². The molecule has 148 valence electrons. The maximum absolute atomic E-state index is 12.4. The lowest BCUT2D eigenvalue weighted by atomic mass is 10.3. The summed E-state index contributed by atoms with van der Waals surface area (Å²) in [5.74, 6) is 0.0579. The van der Waals surface area contributed by atoms with Gasteiger partial charge in [0.15, 0.2) is 0 Å². The van der Waals surface area contributed by atoms with Crippen LogP contribution in [0.5, 0.6) is 0 Å². The number of methoxy groups -OCH3 is 1. The molecule has 4 N–H and O–H groups in total. The second kappa shape index (κ2) is 9.90. The minimum Gasteiger partial charge on any atom is -0.382 e. The standard InChI is InChI=1S/C20H21N7O2/c1-29-9-3-4-15-11-26-18(13-24-15)20(28)27-14-6-8-22-16(10-14)12-25-17-5-2-7-23-19(17)21/h2-8,10-11,13,25H,9,12H2,1H3,(H2,21,23)(H,22,27,28)/b4-3-. The van der Waals surface area contributed by atoms with Crippen LogP contribution in [0.15, 0.2) is 55.1 Å². The summed E-state index contributed by atoms with van der Waals surface area (Å²) in [4.78, 5) is 29.1. The first-order chi connectivity index (χ1) is 14.2. The number of anilines is 3. The van der Waals surface area contributed by atoms with E-state index in [1.165, 1.54) is 12.4 Å². The predicted octanol–water partition coefficient (Wildman–Crippen LogP) is 2.37. The number of aromatic nitrogens is 4. The van der Waals surface area contributed by atoms with Crippen LogP contribution in [0, 0.1) is 0 Å². The van der Waals surface area contributed by atoms with Crippen molar-refractivity contribution in [3.63, 3.8) is 0 Å². The van der Waals surface area contributed by atoms with E-state index in [2.05, 4.69) is 30.6 Å². The van der Waals surface area contributed by atoms with Crippen molar-refractivity contribution in [3.05, 3.63) is 72.2 Å². The van der Waals surface area contributed by atoms with E-state index in [-0.39, 0.29) is 11.6 Å². The van der Waals surface area contributed by atoms with Gasteiger partial charge in [0.05, 0.1) is 42.6 Å². The normalized spacial score (nSPS) is 10.8. The number of amides is 1. The van der Waals surface area contributed by atoms with Crippen molar-refractivity contribution >= 4 is 29.2 Å². The molecule has 0 spiro atoms. The van der Waals surface area contributed by atoms with E-state index in [0.717, 1.165) is 11.4 Å². The van der Waals surface area contributed by atoms with Crippen LogP contribution < -0.4 is 16.4 Å².